The molecule has 5 nitrogen and oxygen atoms in total. The van der Waals surface area contributed by atoms with Crippen molar-refractivity contribution in [3.8, 4) is 5.75 Å². The number of carbonyl (C=O) groups is 1. The van der Waals surface area contributed by atoms with E-state index in [0.717, 1.165) is 38.0 Å². The summed E-state index contributed by atoms with van der Waals surface area (Å²) in [6.07, 6.45) is 4.80. The SMILES string of the molecule is CCCn1cc(C(=O)N2CCCC(COc3cccc(F)c3)C2)c(C)n1. The number of aromatic nitrogens is 2. The van der Waals surface area contributed by atoms with Crippen LogP contribution in [0.3, 0.4) is 0 Å². The van der Waals surface area contributed by atoms with Crippen molar-refractivity contribution in [3.63, 3.8) is 0 Å². The monoisotopic (exact) mass is 359 g/mol. The first-order chi connectivity index (χ1) is 12.6. The van der Waals surface area contributed by atoms with E-state index < -0.39 is 0 Å². The number of hydrogen-bond donors (Lipinski definition) is 0. The van der Waals surface area contributed by atoms with Crippen molar-refractivity contribution in [2.24, 2.45) is 5.92 Å². The Balaban J connectivity index is 1.60. The molecule has 1 aromatic heterocycles. The first-order valence-electron chi connectivity index (χ1n) is 9.28. The minimum atomic E-state index is -0.303. The predicted molar refractivity (Wildman–Crippen MR) is 97.8 cm³/mol. The molecule has 2 aromatic rings. The molecule has 0 N–H and O–H groups in total. The van der Waals surface area contributed by atoms with Crippen molar-refractivity contribution in [2.75, 3.05) is 19.7 Å². The van der Waals surface area contributed by atoms with Crippen molar-refractivity contribution >= 4 is 5.91 Å². The average molecular weight is 359 g/mol. The molecule has 1 saturated heterocycles. The van der Waals surface area contributed by atoms with Crippen LogP contribution in [0, 0.1) is 18.7 Å². The molecule has 6 heteroatoms. The number of nitrogens with zero attached hydrogens (tertiary/aromatic N) is 3. The van der Waals surface area contributed by atoms with Gasteiger partial charge in [0.25, 0.3) is 5.91 Å². The van der Waals surface area contributed by atoms with E-state index in [9.17, 15) is 9.18 Å². The fourth-order valence-electron chi connectivity index (χ4n) is 3.40. The van der Waals surface area contributed by atoms with Crippen LogP contribution in [0.4, 0.5) is 4.39 Å². The lowest BCUT2D eigenvalue weighted by Gasteiger charge is -2.32. The van der Waals surface area contributed by atoms with Crippen LogP contribution in [0.25, 0.3) is 0 Å². The molecular formula is C20H26FN3O2. The lowest BCUT2D eigenvalue weighted by molar-refractivity contribution is 0.0632. The maximum Gasteiger partial charge on any atom is 0.257 e. The highest BCUT2D eigenvalue weighted by molar-refractivity contribution is 5.95. The average Bonchev–Trinajstić information content (AvgIpc) is 3.00. The quantitative estimate of drug-likeness (QED) is 0.791. The zero-order valence-electron chi connectivity index (χ0n) is 15.4. The lowest BCUT2D eigenvalue weighted by atomic mass is 9.98. The summed E-state index contributed by atoms with van der Waals surface area (Å²) in [5.74, 6) is 0.523. The van der Waals surface area contributed by atoms with Gasteiger partial charge in [-0.2, -0.15) is 5.10 Å². The second kappa shape index (κ2) is 8.34. The van der Waals surface area contributed by atoms with Crippen molar-refractivity contribution in [3.05, 3.63) is 47.5 Å². The van der Waals surface area contributed by atoms with Gasteiger partial charge < -0.3 is 9.64 Å². The number of ether oxygens (including phenoxy) is 1. The Labute approximate surface area is 153 Å². The summed E-state index contributed by atoms with van der Waals surface area (Å²) in [5, 5.41) is 4.43. The third-order valence-electron chi connectivity index (χ3n) is 4.72. The second-order valence-electron chi connectivity index (χ2n) is 6.92. The Kier molecular flexibility index (Phi) is 5.91. The number of halogens is 1. The molecule has 26 heavy (non-hydrogen) atoms. The van der Waals surface area contributed by atoms with E-state index >= 15 is 0 Å². The molecule has 1 atom stereocenters. The normalized spacial score (nSPS) is 17.3. The highest BCUT2D eigenvalue weighted by Gasteiger charge is 2.27. The Bertz CT molecular complexity index is 759. The van der Waals surface area contributed by atoms with E-state index in [-0.39, 0.29) is 17.6 Å². The van der Waals surface area contributed by atoms with Crippen LogP contribution in [0.2, 0.25) is 0 Å². The van der Waals surface area contributed by atoms with E-state index in [1.165, 1.54) is 12.1 Å². The molecule has 140 valence electrons. The molecule has 0 aliphatic carbocycles. The number of carbonyl (C=O) groups excluding carboxylic acids is 1. The summed E-state index contributed by atoms with van der Waals surface area (Å²) in [6, 6.07) is 6.17. The molecule has 0 radical (unpaired) electrons. The lowest BCUT2D eigenvalue weighted by Crippen LogP contribution is -2.41. The number of aryl methyl sites for hydroxylation is 2. The fraction of sp³-hybridized carbons (Fsp3) is 0.500. The smallest absolute Gasteiger partial charge is 0.257 e. The summed E-state index contributed by atoms with van der Waals surface area (Å²) in [4.78, 5) is 14.8. The van der Waals surface area contributed by atoms with E-state index in [4.69, 9.17) is 4.74 Å². The van der Waals surface area contributed by atoms with Crippen LogP contribution in [-0.4, -0.2) is 40.3 Å². The molecule has 0 saturated carbocycles. The molecule has 1 aliphatic heterocycles. The standard InChI is InChI=1S/C20H26FN3O2/c1-3-9-24-13-19(15(2)22-24)20(25)23-10-5-6-16(12-23)14-26-18-8-4-7-17(21)11-18/h4,7-8,11,13,16H,3,5-6,9-10,12,14H2,1-2H3. The molecule has 0 bridgehead atoms. The van der Waals surface area contributed by atoms with Gasteiger partial charge in [0.2, 0.25) is 0 Å². The zero-order valence-corrected chi connectivity index (χ0v) is 15.4. The number of benzene rings is 1. The van der Waals surface area contributed by atoms with Gasteiger partial charge in [-0.1, -0.05) is 13.0 Å². The highest BCUT2D eigenvalue weighted by Crippen LogP contribution is 2.21. The summed E-state index contributed by atoms with van der Waals surface area (Å²) in [6.45, 7) is 6.69. The van der Waals surface area contributed by atoms with Crippen LogP contribution in [0.1, 0.15) is 42.2 Å². The maximum atomic E-state index is 13.2. The van der Waals surface area contributed by atoms with Crippen LogP contribution < -0.4 is 4.74 Å². The van der Waals surface area contributed by atoms with Crippen LogP contribution in [-0.2, 0) is 6.54 Å². The molecule has 1 amide bonds. The van der Waals surface area contributed by atoms with Gasteiger partial charge in [0.15, 0.2) is 0 Å². The first-order valence-corrected chi connectivity index (χ1v) is 9.28. The predicted octanol–water partition coefficient (Wildman–Crippen LogP) is 3.67. The van der Waals surface area contributed by atoms with Gasteiger partial charge in [0, 0.05) is 37.8 Å². The third-order valence-corrected chi connectivity index (χ3v) is 4.72. The Hall–Kier alpha value is -2.37. The Morgan fingerprint density at radius 1 is 1.42 bits per heavy atom. The van der Waals surface area contributed by atoms with Gasteiger partial charge >= 0.3 is 0 Å². The molecule has 0 spiro atoms. The van der Waals surface area contributed by atoms with Crippen molar-refractivity contribution in [1.29, 1.82) is 0 Å². The number of rotatable bonds is 6. The highest BCUT2D eigenvalue weighted by atomic mass is 19.1. The minimum Gasteiger partial charge on any atom is -0.493 e. The van der Waals surface area contributed by atoms with E-state index in [2.05, 4.69) is 12.0 Å². The first kappa shape index (κ1) is 18.4. The summed E-state index contributed by atoms with van der Waals surface area (Å²) >= 11 is 0. The fourth-order valence-corrected chi connectivity index (χ4v) is 3.40. The molecule has 2 heterocycles. The number of amides is 1. The van der Waals surface area contributed by atoms with Gasteiger partial charge in [0.05, 0.1) is 17.9 Å². The Morgan fingerprint density at radius 3 is 3.04 bits per heavy atom. The third kappa shape index (κ3) is 4.42. The van der Waals surface area contributed by atoms with Crippen molar-refractivity contribution < 1.29 is 13.9 Å². The van der Waals surface area contributed by atoms with Gasteiger partial charge in [-0.05, 0) is 38.3 Å². The molecular weight excluding hydrogens is 333 g/mol. The molecule has 1 aromatic carbocycles. The zero-order chi connectivity index (χ0) is 18.5. The molecule has 3 rings (SSSR count). The van der Waals surface area contributed by atoms with E-state index in [1.807, 2.05) is 22.7 Å². The van der Waals surface area contributed by atoms with Gasteiger partial charge in [-0.3, -0.25) is 9.48 Å². The number of piperidine rings is 1. The van der Waals surface area contributed by atoms with Crippen LogP contribution >= 0.6 is 0 Å². The minimum absolute atomic E-state index is 0.0420. The topological polar surface area (TPSA) is 47.4 Å². The summed E-state index contributed by atoms with van der Waals surface area (Å²) in [7, 11) is 0. The number of likely N-dealkylation sites (tertiary alicyclic amines) is 1. The van der Waals surface area contributed by atoms with Gasteiger partial charge in [-0.15, -0.1) is 0 Å². The summed E-state index contributed by atoms with van der Waals surface area (Å²) < 4.78 is 20.8. The van der Waals surface area contributed by atoms with Crippen LogP contribution in [0.5, 0.6) is 5.75 Å². The van der Waals surface area contributed by atoms with Crippen molar-refractivity contribution in [1.82, 2.24) is 14.7 Å². The maximum absolute atomic E-state index is 13.2. The van der Waals surface area contributed by atoms with Crippen molar-refractivity contribution in [2.45, 2.75) is 39.7 Å². The van der Waals surface area contributed by atoms with Gasteiger partial charge in [0.1, 0.15) is 11.6 Å². The molecule has 1 unspecified atom stereocenters. The largest absolute Gasteiger partial charge is 0.493 e. The molecule has 1 aliphatic rings. The Morgan fingerprint density at radius 2 is 2.27 bits per heavy atom. The second-order valence-corrected chi connectivity index (χ2v) is 6.92. The number of hydrogen-bond acceptors (Lipinski definition) is 3. The summed E-state index contributed by atoms with van der Waals surface area (Å²) in [5.41, 5.74) is 1.46. The van der Waals surface area contributed by atoms with E-state index in [0.29, 0.717) is 24.5 Å². The van der Waals surface area contributed by atoms with Crippen LogP contribution in [0.15, 0.2) is 30.5 Å². The van der Waals surface area contributed by atoms with E-state index in [1.54, 1.807) is 12.1 Å². The van der Waals surface area contributed by atoms with Gasteiger partial charge in [-0.25, -0.2) is 4.39 Å². The molecule has 1 fully saturated rings.